The molecule has 0 saturated heterocycles. The maximum absolute atomic E-state index is 5.68. The standard InChI is InChI=1S/C11H15BrO2S/c1-13-10-4-3-9(8-12)11(7-10)14-5-6-15-2/h3-4,7H,5-6,8H2,1-2H3. The van der Waals surface area contributed by atoms with E-state index in [1.54, 1.807) is 18.9 Å². The van der Waals surface area contributed by atoms with Crippen molar-refractivity contribution in [3.8, 4) is 11.5 Å². The first-order valence-corrected chi connectivity index (χ1v) is 7.18. The third-order valence-electron chi connectivity index (χ3n) is 1.96. The lowest BCUT2D eigenvalue weighted by atomic mass is 10.2. The van der Waals surface area contributed by atoms with Crippen LogP contribution in [0.3, 0.4) is 0 Å². The van der Waals surface area contributed by atoms with Gasteiger partial charge in [0, 0.05) is 22.7 Å². The summed E-state index contributed by atoms with van der Waals surface area (Å²) in [6, 6.07) is 5.89. The molecule has 0 unspecified atom stereocenters. The maximum Gasteiger partial charge on any atom is 0.127 e. The third-order valence-corrected chi connectivity index (χ3v) is 3.14. The van der Waals surface area contributed by atoms with Crippen LogP contribution in [-0.2, 0) is 5.33 Å². The van der Waals surface area contributed by atoms with Crippen LogP contribution in [0.25, 0.3) is 0 Å². The Morgan fingerprint density at radius 3 is 2.80 bits per heavy atom. The smallest absolute Gasteiger partial charge is 0.127 e. The Bertz CT molecular complexity index is 305. The maximum atomic E-state index is 5.68. The van der Waals surface area contributed by atoms with Gasteiger partial charge in [0.05, 0.1) is 13.7 Å². The molecule has 0 aromatic heterocycles. The number of methoxy groups -OCH3 is 1. The molecule has 1 aromatic rings. The Morgan fingerprint density at radius 2 is 2.20 bits per heavy atom. The molecule has 84 valence electrons. The van der Waals surface area contributed by atoms with Gasteiger partial charge in [-0.1, -0.05) is 22.0 Å². The molecule has 4 heteroatoms. The zero-order valence-electron chi connectivity index (χ0n) is 8.96. The van der Waals surface area contributed by atoms with Gasteiger partial charge in [-0.25, -0.2) is 0 Å². The van der Waals surface area contributed by atoms with Crippen molar-refractivity contribution < 1.29 is 9.47 Å². The second-order valence-corrected chi connectivity index (χ2v) is 4.49. The molecule has 2 nitrogen and oxygen atoms in total. The van der Waals surface area contributed by atoms with E-state index in [1.165, 1.54) is 0 Å². The zero-order chi connectivity index (χ0) is 11.1. The summed E-state index contributed by atoms with van der Waals surface area (Å²) in [6.45, 7) is 0.730. The average molecular weight is 291 g/mol. The fraction of sp³-hybridized carbons (Fsp3) is 0.455. The van der Waals surface area contributed by atoms with Crippen molar-refractivity contribution in [3.05, 3.63) is 23.8 Å². The average Bonchev–Trinajstić information content (AvgIpc) is 2.29. The Balaban J connectivity index is 2.72. The first kappa shape index (κ1) is 12.7. The molecule has 15 heavy (non-hydrogen) atoms. The molecule has 0 atom stereocenters. The van der Waals surface area contributed by atoms with E-state index in [1.807, 2.05) is 18.2 Å². The van der Waals surface area contributed by atoms with Crippen molar-refractivity contribution in [3.63, 3.8) is 0 Å². The van der Waals surface area contributed by atoms with E-state index < -0.39 is 0 Å². The van der Waals surface area contributed by atoms with Crippen molar-refractivity contribution in [2.24, 2.45) is 0 Å². The lowest BCUT2D eigenvalue weighted by Gasteiger charge is -2.11. The molecule has 0 fully saturated rings. The van der Waals surface area contributed by atoms with Crippen LogP contribution in [0.4, 0.5) is 0 Å². The molecule has 0 N–H and O–H groups in total. The van der Waals surface area contributed by atoms with Crippen molar-refractivity contribution in [2.45, 2.75) is 5.33 Å². The van der Waals surface area contributed by atoms with Crippen molar-refractivity contribution in [1.82, 2.24) is 0 Å². The predicted molar refractivity (Wildman–Crippen MR) is 69.5 cm³/mol. The number of benzene rings is 1. The normalized spacial score (nSPS) is 10.1. The van der Waals surface area contributed by atoms with Gasteiger partial charge < -0.3 is 9.47 Å². The molecular formula is C11H15BrO2S. The molecule has 0 saturated carbocycles. The van der Waals surface area contributed by atoms with E-state index in [4.69, 9.17) is 9.47 Å². The van der Waals surface area contributed by atoms with Gasteiger partial charge in [0.1, 0.15) is 11.5 Å². The van der Waals surface area contributed by atoms with Crippen LogP contribution in [0.15, 0.2) is 18.2 Å². The quantitative estimate of drug-likeness (QED) is 0.591. The molecule has 0 bridgehead atoms. The van der Waals surface area contributed by atoms with Gasteiger partial charge in [-0.15, -0.1) is 0 Å². The highest BCUT2D eigenvalue weighted by atomic mass is 79.9. The molecule has 0 aliphatic rings. The molecule has 0 spiro atoms. The Morgan fingerprint density at radius 1 is 1.40 bits per heavy atom. The van der Waals surface area contributed by atoms with Crippen LogP contribution >= 0.6 is 27.7 Å². The van der Waals surface area contributed by atoms with Gasteiger partial charge in [-0.05, 0) is 12.3 Å². The van der Waals surface area contributed by atoms with Crippen LogP contribution in [0.1, 0.15) is 5.56 Å². The molecule has 0 radical (unpaired) electrons. The van der Waals surface area contributed by atoms with Gasteiger partial charge in [0.2, 0.25) is 0 Å². The van der Waals surface area contributed by atoms with Crippen LogP contribution in [0.5, 0.6) is 11.5 Å². The molecule has 1 rings (SSSR count). The summed E-state index contributed by atoms with van der Waals surface area (Å²) in [7, 11) is 1.66. The van der Waals surface area contributed by atoms with Crippen LogP contribution in [-0.4, -0.2) is 25.7 Å². The summed E-state index contributed by atoms with van der Waals surface area (Å²) in [4.78, 5) is 0. The van der Waals surface area contributed by atoms with E-state index >= 15 is 0 Å². The van der Waals surface area contributed by atoms with Gasteiger partial charge in [0.25, 0.3) is 0 Å². The highest BCUT2D eigenvalue weighted by Crippen LogP contribution is 2.26. The van der Waals surface area contributed by atoms with Gasteiger partial charge in [-0.2, -0.15) is 11.8 Å². The first-order valence-electron chi connectivity index (χ1n) is 4.66. The number of rotatable bonds is 6. The minimum Gasteiger partial charge on any atom is -0.497 e. The Labute approximate surface area is 103 Å². The first-order chi connectivity index (χ1) is 7.31. The zero-order valence-corrected chi connectivity index (χ0v) is 11.4. The predicted octanol–water partition coefficient (Wildman–Crippen LogP) is 3.33. The fourth-order valence-electron chi connectivity index (χ4n) is 1.14. The highest BCUT2D eigenvalue weighted by Gasteiger charge is 2.04. The van der Waals surface area contributed by atoms with Gasteiger partial charge >= 0.3 is 0 Å². The van der Waals surface area contributed by atoms with E-state index in [0.717, 1.165) is 34.8 Å². The minimum atomic E-state index is 0.730. The SMILES string of the molecule is COc1ccc(CBr)c(OCCSC)c1. The number of ether oxygens (including phenoxy) is 2. The van der Waals surface area contributed by atoms with Crippen LogP contribution < -0.4 is 9.47 Å². The summed E-state index contributed by atoms with van der Waals surface area (Å²) in [5.74, 6) is 2.73. The minimum absolute atomic E-state index is 0.730. The Hall–Kier alpha value is -0.350. The lowest BCUT2D eigenvalue weighted by molar-refractivity contribution is 0.337. The van der Waals surface area contributed by atoms with E-state index in [2.05, 4.69) is 22.2 Å². The van der Waals surface area contributed by atoms with E-state index in [0.29, 0.717) is 0 Å². The lowest BCUT2D eigenvalue weighted by Crippen LogP contribution is -2.02. The van der Waals surface area contributed by atoms with Gasteiger partial charge in [0.15, 0.2) is 0 Å². The number of hydrogen-bond donors (Lipinski definition) is 0. The number of halogens is 1. The van der Waals surface area contributed by atoms with Crippen molar-refractivity contribution in [2.75, 3.05) is 25.7 Å². The molecule has 0 heterocycles. The fourth-order valence-corrected chi connectivity index (χ4v) is 1.85. The summed E-state index contributed by atoms with van der Waals surface area (Å²) < 4.78 is 10.8. The largest absolute Gasteiger partial charge is 0.497 e. The second-order valence-electron chi connectivity index (χ2n) is 2.95. The highest BCUT2D eigenvalue weighted by molar-refractivity contribution is 9.08. The molecule has 1 aromatic carbocycles. The van der Waals surface area contributed by atoms with Crippen molar-refractivity contribution >= 4 is 27.7 Å². The monoisotopic (exact) mass is 290 g/mol. The number of alkyl halides is 1. The molecule has 0 aliphatic heterocycles. The summed E-state index contributed by atoms with van der Waals surface area (Å²) in [6.07, 6.45) is 2.07. The van der Waals surface area contributed by atoms with E-state index in [9.17, 15) is 0 Å². The van der Waals surface area contributed by atoms with Crippen LogP contribution in [0.2, 0.25) is 0 Å². The third kappa shape index (κ3) is 3.95. The van der Waals surface area contributed by atoms with E-state index in [-0.39, 0.29) is 0 Å². The molecular weight excluding hydrogens is 276 g/mol. The van der Waals surface area contributed by atoms with Crippen molar-refractivity contribution in [1.29, 1.82) is 0 Å². The number of thioether (sulfide) groups is 1. The summed E-state index contributed by atoms with van der Waals surface area (Å²) in [5, 5.41) is 0.797. The topological polar surface area (TPSA) is 18.5 Å². The molecule has 0 amide bonds. The Kier molecular flexibility index (Phi) is 5.95. The van der Waals surface area contributed by atoms with Gasteiger partial charge in [-0.3, -0.25) is 0 Å². The molecule has 0 aliphatic carbocycles. The second kappa shape index (κ2) is 7.01. The summed E-state index contributed by atoms with van der Waals surface area (Å²) in [5.41, 5.74) is 1.15. The number of hydrogen-bond acceptors (Lipinski definition) is 3. The summed E-state index contributed by atoms with van der Waals surface area (Å²) >= 11 is 5.21. The van der Waals surface area contributed by atoms with Crippen LogP contribution in [0, 0.1) is 0 Å².